The van der Waals surface area contributed by atoms with Gasteiger partial charge in [-0.15, -0.1) is 0 Å². The molecule has 0 radical (unpaired) electrons. The van der Waals surface area contributed by atoms with Gasteiger partial charge in [-0.25, -0.2) is 5.26 Å². The van der Waals surface area contributed by atoms with E-state index in [4.69, 9.17) is 5.26 Å². The molecule has 0 spiro atoms. The topological polar surface area (TPSA) is 28.7 Å². The number of aromatic nitrogens is 1. The molecule has 0 aliphatic rings. The van der Waals surface area contributed by atoms with Crippen LogP contribution in [0.3, 0.4) is 0 Å². The predicted molar refractivity (Wildman–Crippen MR) is 69.2 cm³/mol. The highest BCUT2D eigenvalue weighted by Gasteiger charge is 1.93. The maximum absolute atomic E-state index is 6.50. The van der Waals surface area contributed by atoms with Crippen molar-refractivity contribution in [3.63, 3.8) is 0 Å². The molecule has 0 saturated heterocycles. The molecule has 0 unspecified atom stereocenters. The summed E-state index contributed by atoms with van der Waals surface area (Å²) < 4.78 is 2.30. The molecule has 0 atom stereocenters. The second-order valence-corrected chi connectivity index (χ2v) is 4.19. The van der Waals surface area contributed by atoms with E-state index in [0.29, 0.717) is 0 Å². The fourth-order valence-electron chi connectivity index (χ4n) is 1.77. The molecule has 2 nitrogen and oxygen atoms in total. The Hall–Kier alpha value is -1.23. The number of hydrogen-bond donors (Lipinski definition) is 0. The summed E-state index contributed by atoms with van der Waals surface area (Å²) in [5, 5.41) is 6.50. The number of nitrogens with zero attached hydrogens (tertiary/aromatic N) is 2. The molecular weight excluding hydrogens is 196 g/mol. The van der Waals surface area contributed by atoms with Gasteiger partial charge >= 0.3 is 0 Å². The van der Waals surface area contributed by atoms with Crippen LogP contribution in [-0.2, 0) is 6.54 Å². The van der Waals surface area contributed by atoms with Crippen molar-refractivity contribution in [1.82, 2.24) is 4.57 Å². The summed E-state index contributed by atoms with van der Waals surface area (Å²) in [6, 6.07) is 2.18. The van der Waals surface area contributed by atoms with Crippen molar-refractivity contribution in [3.05, 3.63) is 24.0 Å². The van der Waals surface area contributed by atoms with Gasteiger partial charge in [0.25, 0.3) is 0 Å². The van der Waals surface area contributed by atoms with Crippen molar-refractivity contribution in [3.8, 4) is 6.57 Å². The van der Waals surface area contributed by atoms with Gasteiger partial charge in [0.15, 0.2) is 0 Å². The summed E-state index contributed by atoms with van der Waals surface area (Å²) in [6.45, 7) is 9.11. The van der Waals surface area contributed by atoms with Crippen LogP contribution in [-0.4, -0.2) is 4.57 Å². The van der Waals surface area contributed by atoms with Crippen molar-refractivity contribution in [2.45, 2.75) is 58.9 Å². The molecule has 1 rings (SSSR count). The van der Waals surface area contributed by atoms with E-state index in [0.717, 1.165) is 0 Å². The summed E-state index contributed by atoms with van der Waals surface area (Å²) in [6.07, 6.45) is 12.7. The SMILES string of the molecule is C#N.CCCCCCCCn1ccc(C)c1. The second kappa shape index (κ2) is 10.3. The fourth-order valence-corrected chi connectivity index (χ4v) is 1.77. The lowest BCUT2D eigenvalue weighted by Crippen LogP contribution is -1.93. The largest absolute Gasteiger partial charge is 0.354 e. The quantitative estimate of drug-likeness (QED) is 0.630. The van der Waals surface area contributed by atoms with E-state index < -0.39 is 0 Å². The minimum atomic E-state index is 1.19. The van der Waals surface area contributed by atoms with Crippen LogP contribution in [0.5, 0.6) is 0 Å². The smallest absolute Gasteiger partial charge is 0.0462 e. The first-order chi connectivity index (χ1) is 7.83. The Balaban J connectivity index is 0.00000106. The Kier molecular flexibility index (Phi) is 9.50. The molecule has 0 fully saturated rings. The lowest BCUT2D eigenvalue weighted by atomic mass is 10.1. The highest BCUT2D eigenvalue weighted by atomic mass is 14.9. The average molecular weight is 220 g/mol. The molecule has 1 heterocycles. The highest BCUT2D eigenvalue weighted by Crippen LogP contribution is 2.07. The third-order valence-electron chi connectivity index (χ3n) is 2.67. The number of hydrogen-bond acceptors (Lipinski definition) is 1. The standard InChI is InChI=1S/C13H23N.CHN/c1-3-4-5-6-7-8-10-14-11-9-13(2)12-14;1-2/h9,11-12H,3-8,10H2,1-2H3;1H. The normalized spacial score (nSPS) is 9.50. The van der Waals surface area contributed by atoms with Crippen LogP contribution in [0.2, 0.25) is 0 Å². The average Bonchev–Trinajstić information content (AvgIpc) is 2.72. The van der Waals surface area contributed by atoms with Crippen molar-refractivity contribution >= 4 is 0 Å². The maximum Gasteiger partial charge on any atom is 0.0462 e. The van der Waals surface area contributed by atoms with Crippen LogP contribution in [0.4, 0.5) is 0 Å². The van der Waals surface area contributed by atoms with E-state index in [1.54, 1.807) is 0 Å². The van der Waals surface area contributed by atoms with E-state index in [1.165, 1.54) is 50.6 Å². The minimum Gasteiger partial charge on any atom is -0.354 e. The second-order valence-electron chi connectivity index (χ2n) is 4.19. The van der Waals surface area contributed by atoms with Gasteiger partial charge in [-0.2, -0.15) is 0 Å². The Morgan fingerprint density at radius 2 is 1.75 bits per heavy atom. The Morgan fingerprint density at radius 1 is 1.12 bits per heavy atom. The molecular formula is C14H24N2. The number of unbranched alkanes of at least 4 members (excludes halogenated alkanes) is 5. The summed E-state index contributed by atoms with van der Waals surface area (Å²) in [4.78, 5) is 0. The lowest BCUT2D eigenvalue weighted by molar-refractivity contribution is 0.559. The van der Waals surface area contributed by atoms with Gasteiger partial charge in [-0.05, 0) is 25.0 Å². The summed E-state index contributed by atoms with van der Waals surface area (Å²) in [5.74, 6) is 0. The first kappa shape index (κ1) is 14.8. The van der Waals surface area contributed by atoms with Crippen molar-refractivity contribution in [2.24, 2.45) is 0 Å². The molecule has 0 aliphatic heterocycles. The van der Waals surface area contributed by atoms with E-state index >= 15 is 0 Å². The van der Waals surface area contributed by atoms with E-state index in [9.17, 15) is 0 Å². The molecule has 2 heteroatoms. The maximum atomic E-state index is 6.50. The number of aryl methyl sites for hydroxylation is 2. The minimum absolute atomic E-state index is 1.19. The van der Waals surface area contributed by atoms with Gasteiger partial charge in [0.2, 0.25) is 0 Å². The van der Waals surface area contributed by atoms with Crippen LogP contribution < -0.4 is 0 Å². The van der Waals surface area contributed by atoms with Crippen molar-refractivity contribution in [2.75, 3.05) is 0 Å². The van der Waals surface area contributed by atoms with Crippen LogP contribution in [0.1, 0.15) is 51.0 Å². The van der Waals surface area contributed by atoms with Crippen LogP contribution in [0, 0.1) is 18.8 Å². The number of rotatable bonds is 7. The molecule has 0 amide bonds. The number of nitriles is 1. The van der Waals surface area contributed by atoms with Crippen LogP contribution >= 0.6 is 0 Å². The van der Waals surface area contributed by atoms with Gasteiger partial charge in [-0.3, -0.25) is 0 Å². The van der Waals surface area contributed by atoms with Gasteiger partial charge in [0.1, 0.15) is 0 Å². The molecule has 0 bridgehead atoms. The van der Waals surface area contributed by atoms with Crippen LogP contribution in [0.25, 0.3) is 0 Å². The first-order valence-corrected chi connectivity index (χ1v) is 6.21. The lowest BCUT2D eigenvalue weighted by Gasteiger charge is -2.02. The molecule has 0 aliphatic carbocycles. The van der Waals surface area contributed by atoms with Crippen molar-refractivity contribution < 1.29 is 0 Å². The first-order valence-electron chi connectivity index (χ1n) is 6.21. The molecule has 90 valence electrons. The summed E-state index contributed by atoms with van der Waals surface area (Å²) in [5.41, 5.74) is 1.37. The Morgan fingerprint density at radius 3 is 2.31 bits per heavy atom. The highest BCUT2D eigenvalue weighted by molar-refractivity contribution is 5.06. The Labute approximate surface area is 99.9 Å². The van der Waals surface area contributed by atoms with Crippen molar-refractivity contribution in [1.29, 1.82) is 5.26 Å². The predicted octanol–water partition coefficient (Wildman–Crippen LogP) is 4.30. The summed E-state index contributed by atoms with van der Waals surface area (Å²) in [7, 11) is 0. The summed E-state index contributed by atoms with van der Waals surface area (Å²) >= 11 is 0. The van der Waals surface area contributed by atoms with E-state index in [1.807, 2.05) is 0 Å². The fraction of sp³-hybridized carbons (Fsp3) is 0.643. The van der Waals surface area contributed by atoms with E-state index in [2.05, 4.69) is 43.4 Å². The third kappa shape index (κ3) is 7.11. The van der Waals surface area contributed by atoms with Crippen LogP contribution in [0.15, 0.2) is 18.5 Å². The zero-order valence-corrected chi connectivity index (χ0v) is 10.7. The molecule has 0 N–H and O–H groups in total. The molecule has 1 aromatic rings. The third-order valence-corrected chi connectivity index (χ3v) is 2.67. The molecule has 0 saturated carbocycles. The molecule has 16 heavy (non-hydrogen) atoms. The van der Waals surface area contributed by atoms with Gasteiger partial charge in [0, 0.05) is 25.5 Å². The molecule has 0 aromatic carbocycles. The molecule has 1 aromatic heterocycles. The van der Waals surface area contributed by atoms with Gasteiger partial charge < -0.3 is 4.57 Å². The van der Waals surface area contributed by atoms with Gasteiger partial charge in [0.05, 0.1) is 0 Å². The zero-order chi connectivity index (χ0) is 12.2. The van der Waals surface area contributed by atoms with Gasteiger partial charge in [-0.1, -0.05) is 39.0 Å². The monoisotopic (exact) mass is 220 g/mol. The zero-order valence-electron chi connectivity index (χ0n) is 10.7. The van der Waals surface area contributed by atoms with E-state index in [-0.39, 0.29) is 0 Å². The Bertz CT molecular complexity index is 273.